The summed E-state index contributed by atoms with van der Waals surface area (Å²) in [5.74, 6) is 1.82. The normalized spacial score (nSPS) is 19.2. The minimum Gasteiger partial charge on any atom is -0.495 e. The Bertz CT molecular complexity index is 1090. The van der Waals surface area contributed by atoms with Crippen molar-refractivity contribution in [1.29, 1.82) is 0 Å². The van der Waals surface area contributed by atoms with Crippen LogP contribution >= 0.6 is 0 Å². The van der Waals surface area contributed by atoms with Crippen molar-refractivity contribution in [3.05, 3.63) is 59.0 Å². The van der Waals surface area contributed by atoms with Crippen molar-refractivity contribution in [2.45, 2.75) is 12.6 Å². The average molecular weight is 391 g/mol. The van der Waals surface area contributed by atoms with Gasteiger partial charge in [-0.2, -0.15) is 4.98 Å². The van der Waals surface area contributed by atoms with Crippen LogP contribution in [0.2, 0.25) is 0 Å². The number of ether oxygens (including phenoxy) is 1. The third-order valence-electron chi connectivity index (χ3n) is 5.90. The molecule has 0 amide bonds. The molecular weight excluding hydrogens is 366 g/mol. The molecule has 3 heterocycles. The molecular formula is C22H25N5O2. The van der Waals surface area contributed by atoms with Gasteiger partial charge >= 0.3 is 5.69 Å². The van der Waals surface area contributed by atoms with Gasteiger partial charge in [-0.1, -0.05) is 24.3 Å². The van der Waals surface area contributed by atoms with Gasteiger partial charge in [0.2, 0.25) is 0 Å². The van der Waals surface area contributed by atoms with Crippen LogP contribution in [-0.4, -0.2) is 60.3 Å². The van der Waals surface area contributed by atoms with E-state index in [1.165, 1.54) is 0 Å². The molecule has 2 aliphatic heterocycles. The molecule has 1 unspecified atom stereocenters. The van der Waals surface area contributed by atoms with Gasteiger partial charge in [0.1, 0.15) is 11.6 Å². The molecule has 0 spiro atoms. The first-order valence-corrected chi connectivity index (χ1v) is 10.1. The predicted octanol–water partition coefficient (Wildman–Crippen LogP) is 2.02. The number of hydrogen-bond donors (Lipinski definition) is 1. The van der Waals surface area contributed by atoms with E-state index >= 15 is 0 Å². The van der Waals surface area contributed by atoms with E-state index in [-0.39, 0.29) is 11.7 Å². The second-order valence-corrected chi connectivity index (χ2v) is 7.67. The molecule has 1 N–H and O–H groups in total. The summed E-state index contributed by atoms with van der Waals surface area (Å²) in [4.78, 5) is 21.5. The molecule has 7 heteroatoms. The van der Waals surface area contributed by atoms with Gasteiger partial charge in [0.05, 0.1) is 30.9 Å². The van der Waals surface area contributed by atoms with E-state index in [9.17, 15) is 4.79 Å². The zero-order valence-corrected chi connectivity index (χ0v) is 16.5. The maximum Gasteiger partial charge on any atom is 0.349 e. The molecule has 2 aromatic carbocycles. The highest BCUT2D eigenvalue weighted by molar-refractivity contribution is 5.89. The third-order valence-corrected chi connectivity index (χ3v) is 5.90. The molecule has 1 aromatic heterocycles. The lowest BCUT2D eigenvalue weighted by Crippen LogP contribution is -2.49. The highest BCUT2D eigenvalue weighted by Gasteiger charge is 2.27. The van der Waals surface area contributed by atoms with Crippen molar-refractivity contribution < 1.29 is 4.74 Å². The lowest BCUT2D eigenvalue weighted by Gasteiger charge is -2.37. The van der Waals surface area contributed by atoms with Crippen molar-refractivity contribution in [2.24, 2.45) is 0 Å². The van der Waals surface area contributed by atoms with Gasteiger partial charge in [-0.3, -0.25) is 9.47 Å². The summed E-state index contributed by atoms with van der Waals surface area (Å²) < 4.78 is 7.29. The summed E-state index contributed by atoms with van der Waals surface area (Å²) >= 11 is 0. The largest absolute Gasteiger partial charge is 0.495 e. The van der Waals surface area contributed by atoms with Crippen LogP contribution in [0.15, 0.2) is 53.3 Å². The van der Waals surface area contributed by atoms with Gasteiger partial charge in [-0.15, -0.1) is 0 Å². The van der Waals surface area contributed by atoms with Crippen LogP contribution in [0, 0.1) is 0 Å². The van der Waals surface area contributed by atoms with E-state index in [0.29, 0.717) is 6.54 Å². The number of methoxy groups -OCH3 is 1. The smallest absolute Gasteiger partial charge is 0.349 e. The van der Waals surface area contributed by atoms with Crippen molar-refractivity contribution >= 4 is 22.4 Å². The van der Waals surface area contributed by atoms with Crippen LogP contribution in [0.1, 0.15) is 0 Å². The Labute approximate surface area is 169 Å². The third kappa shape index (κ3) is 3.31. The molecule has 29 heavy (non-hydrogen) atoms. The van der Waals surface area contributed by atoms with Crippen molar-refractivity contribution in [3.63, 3.8) is 0 Å². The Hall–Kier alpha value is -3.06. The second kappa shape index (κ2) is 7.40. The van der Waals surface area contributed by atoms with E-state index in [4.69, 9.17) is 4.74 Å². The Morgan fingerprint density at radius 3 is 2.66 bits per heavy atom. The van der Waals surface area contributed by atoms with E-state index in [0.717, 1.165) is 60.9 Å². The molecule has 7 nitrogen and oxygen atoms in total. The molecule has 3 aromatic rings. The lowest BCUT2D eigenvalue weighted by molar-refractivity contribution is 0.244. The first-order chi connectivity index (χ1) is 14.2. The number of para-hydroxylation sites is 3. The molecule has 0 saturated carbocycles. The molecule has 1 saturated heterocycles. The van der Waals surface area contributed by atoms with Crippen molar-refractivity contribution in [1.82, 2.24) is 14.5 Å². The topological polar surface area (TPSA) is 62.6 Å². The summed E-state index contributed by atoms with van der Waals surface area (Å²) in [5.41, 5.74) is 1.74. The number of fused-ring (bicyclic) bond motifs is 3. The number of aromatic nitrogens is 2. The molecule has 150 valence electrons. The number of benzene rings is 2. The molecule has 0 aliphatic carbocycles. The Morgan fingerprint density at radius 1 is 1.07 bits per heavy atom. The quantitative estimate of drug-likeness (QED) is 0.734. The Kier molecular flexibility index (Phi) is 4.60. The van der Waals surface area contributed by atoms with Crippen LogP contribution in [-0.2, 0) is 6.54 Å². The van der Waals surface area contributed by atoms with E-state index < -0.39 is 0 Å². The number of nitrogens with one attached hydrogen (secondary N) is 1. The molecule has 0 bridgehead atoms. The van der Waals surface area contributed by atoms with Gasteiger partial charge in [0, 0.05) is 38.1 Å². The standard InChI is InChI=1S/C22H25N5O2/c1-29-20-9-5-4-8-19(20)26-12-10-25(11-13-26)14-16-15-27-21(23-16)17-6-2-3-7-18(17)24-22(27)28/h2-9,16,23H,10-15H2,1H3. The summed E-state index contributed by atoms with van der Waals surface area (Å²) in [7, 11) is 1.72. The summed E-state index contributed by atoms with van der Waals surface area (Å²) in [5, 5.41) is 4.58. The number of nitrogens with zero attached hydrogens (tertiary/aromatic N) is 4. The summed E-state index contributed by atoms with van der Waals surface area (Å²) in [6.07, 6.45) is 0. The maximum atomic E-state index is 12.4. The highest BCUT2D eigenvalue weighted by Crippen LogP contribution is 2.29. The zero-order chi connectivity index (χ0) is 19.8. The average Bonchev–Trinajstić information content (AvgIpc) is 3.19. The van der Waals surface area contributed by atoms with Gasteiger partial charge in [-0.05, 0) is 24.3 Å². The molecule has 5 rings (SSSR count). The van der Waals surface area contributed by atoms with Crippen LogP contribution in [0.4, 0.5) is 11.5 Å². The van der Waals surface area contributed by atoms with Gasteiger partial charge in [0.25, 0.3) is 0 Å². The fraction of sp³-hybridized carbons (Fsp3) is 0.364. The second-order valence-electron chi connectivity index (χ2n) is 7.67. The summed E-state index contributed by atoms with van der Waals surface area (Å²) in [6, 6.07) is 16.2. The molecule has 2 aliphatic rings. The fourth-order valence-corrected chi connectivity index (χ4v) is 4.44. The van der Waals surface area contributed by atoms with E-state index in [1.54, 1.807) is 11.7 Å². The first kappa shape index (κ1) is 18.0. The first-order valence-electron chi connectivity index (χ1n) is 10.1. The van der Waals surface area contributed by atoms with E-state index in [1.807, 2.05) is 36.4 Å². The number of hydrogen-bond acceptors (Lipinski definition) is 6. The lowest BCUT2D eigenvalue weighted by atomic mass is 10.2. The van der Waals surface area contributed by atoms with Crippen LogP contribution in [0.5, 0.6) is 5.75 Å². The van der Waals surface area contributed by atoms with Crippen LogP contribution in [0.25, 0.3) is 10.9 Å². The fourth-order valence-electron chi connectivity index (χ4n) is 4.44. The molecule has 1 atom stereocenters. The predicted molar refractivity (Wildman–Crippen MR) is 115 cm³/mol. The number of anilines is 2. The van der Waals surface area contributed by atoms with Gasteiger partial charge < -0.3 is 15.0 Å². The summed E-state index contributed by atoms with van der Waals surface area (Å²) in [6.45, 7) is 5.48. The highest BCUT2D eigenvalue weighted by atomic mass is 16.5. The SMILES string of the molecule is COc1ccccc1N1CCN(CC2Cn3c(c4ccccc4nc3=O)N2)CC1. The van der Waals surface area contributed by atoms with Crippen molar-refractivity contribution in [2.75, 3.05) is 50.1 Å². The van der Waals surface area contributed by atoms with Crippen molar-refractivity contribution in [3.8, 4) is 5.75 Å². The Balaban J connectivity index is 1.25. The Morgan fingerprint density at radius 2 is 1.83 bits per heavy atom. The number of rotatable bonds is 4. The van der Waals surface area contributed by atoms with E-state index in [2.05, 4.69) is 32.2 Å². The zero-order valence-electron chi connectivity index (χ0n) is 16.5. The van der Waals surface area contributed by atoms with Crippen LogP contribution in [0.3, 0.4) is 0 Å². The number of piperazine rings is 1. The minimum absolute atomic E-state index is 0.172. The van der Waals surface area contributed by atoms with Gasteiger partial charge in [-0.25, -0.2) is 4.79 Å². The van der Waals surface area contributed by atoms with Crippen LogP contribution < -0.4 is 20.6 Å². The molecule has 0 radical (unpaired) electrons. The maximum absolute atomic E-state index is 12.4. The van der Waals surface area contributed by atoms with Gasteiger partial charge in [0.15, 0.2) is 0 Å². The molecule has 1 fully saturated rings. The monoisotopic (exact) mass is 391 g/mol. The minimum atomic E-state index is -0.172.